The van der Waals surface area contributed by atoms with E-state index in [4.69, 9.17) is 11.6 Å². The molecule has 1 aromatic carbocycles. The monoisotopic (exact) mass is 383 g/mol. The largest absolute Gasteiger partial charge is 0.333 e. The predicted molar refractivity (Wildman–Crippen MR) is 105 cm³/mol. The normalized spacial score (nSPS) is 16.4. The molecule has 132 valence electrons. The molecule has 6 heteroatoms. The first-order chi connectivity index (χ1) is 12.6. The van der Waals surface area contributed by atoms with Gasteiger partial charge >= 0.3 is 0 Å². The number of aryl methyl sites for hydroxylation is 1. The summed E-state index contributed by atoms with van der Waals surface area (Å²) in [6.45, 7) is 4.84. The van der Waals surface area contributed by atoms with Crippen molar-refractivity contribution in [1.29, 1.82) is 0 Å². The molecule has 26 heavy (non-hydrogen) atoms. The molecular formula is C20H18ClN3OS. The molecule has 0 N–H and O–H groups in total. The number of carbonyl (C=O) groups excluding carboxylic acids is 1. The standard InChI is InChI=1S/C20H18ClN3OS/c1-3-20(25)24-11-17(16-8-19(21)26-18(16)12-24)15-7-5-4-6-14(15)13-9-22-23(2)10-13/h3-10,17H,1,11-12H2,2H3/t17-/m1/s1. The van der Waals surface area contributed by atoms with Crippen LogP contribution in [0.1, 0.15) is 21.9 Å². The molecule has 0 saturated heterocycles. The molecule has 0 aliphatic carbocycles. The molecule has 4 rings (SSSR count). The Labute approximate surface area is 161 Å². The van der Waals surface area contributed by atoms with Crippen LogP contribution in [0.5, 0.6) is 0 Å². The lowest BCUT2D eigenvalue weighted by atomic mass is 9.84. The van der Waals surface area contributed by atoms with E-state index in [2.05, 4.69) is 23.8 Å². The predicted octanol–water partition coefficient (Wildman–Crippen LogP) is 4.46. The third-order valence-corrected chi connectivity index (χ3v) is 6.03. The zero-order valence-corrected chi connectivity index (χ0v) is 15.9. The summed E-state index contributed by atoms with van der Waals surface area (Å²) in [4.78, 5) is 15.3. The summed E-state index contributed by atoms with van der Waals surface area (Å²) in [5.41, 5.74) is 4.59. The summed E-state index contributed by atoms with van der Waals surface area (Å²) in [6, 6.07) is 10.3. The molecule has 1 amide bonds. The number of rotatable bonds is 3. The van der Waals surface area contributed by atoms with Crippen LogP contribution in [0.15, 0.2) is 55.4 Å². The third-order valence-electron chi connectivity index (χ3n) is 4.76. The van der Waals surface area contributed by atoms with E-state index in [-0.39, 0.29) is 11.8 Å². The maximum absolute atomic E-state index is 12.3. The van der Waals surface area contributed by atoms with Gasteiger partial charge in [0.25, 0.3) is 0 Å². The lowest BCUT2D eigenvalue weighted by molar-refractivity contribution is -0.127. The van der Waals surface area contributed by atoms with Gasteiger partial charge in [-0.05, 0) is 28.8 Å². The zero-order valence-electron chi connectivity index (χ0n) is 14.4. The number of hydrogen-bond acceptors (Lipinski definition) is 3. The summed E-state index contributed by atoms with van der Waals surface area (Å²) < 4.78 is 2.56. The van der Waals surface area contributed by atoms with E-state index >= 15 is 0 Å². The maximum atomic E-state index is 12.3. The highest BCUT2D eigenvalue weighted by atomic mass is 35.5. The molecule has 0 saturated carbocycles. The van der Waals surface area contributed by atoms with Crippen molar-refractivity contribution in [2.45, 2.75) is 12.5 Å². The number of thiophene rings is 1. The van der Waals surface area contributed by atoms with Gasteiger partial charge in [0, 0.05) is 36.1 Å². The Balaban J connectivity index is 1.84. The van der Waals surface area contributed by atoms with Crippen molar-refractivity contribution in [2.24, 2.45) is 7.05 Å². The minimum atomic E-state index is -0.0518. The molecule has 3 aromatic rings. The molecule has 0 bridgehead atoms. The van der Waals surface area contributed by atoms with E-state index in [1.807, 2.05) is 42.5 Å². The molecule has 1 aliphatic rings. The van der Waals surface area contributed by atoms with E-state index in [0.717, 1.165) is 20.3 Å². The van der Waals surface area contributed by atoms with Crippen LogP contribution in [0.2, 0.25) is 4.34 Å². The van der Waals surface area contributed by atoms with E-state index < -0.39 is 0 Å². The Morgan fingerprint density at radius 1 is 1.38 bits per heavy atom. The second kappa shape index (κ2) is 6.74. The van der Waals surface area contributed by atoms with Gasteiger partial charge in [-0.3, -0.25) is 9.48 Å². The molecule has 0 unspecified atom stereocenters. The molecule has 4 nitrogen and oxygen atoms in total. The summed E-state index contributed by atoms with van der Waals surface area (Å²) in [7, 11) is 1.91. The minimum absolute atomic E-state index is 0.0518. The van der Waals surface area contributed by atoms with Crippen molar-refractivity contribution in [3.05, 3.63) is 75.7 Å². The Bertz CT molecular complexity index is 991. The molecule has 1 atom stereocenters. The highest BCUT2D eigenvalue weighted by Crippen LogP contribution is 2.42. The first kappa shape index (κ1) is 17.1. The summed E-state index contributed by atoms with van der Waals surface area (Å²) in [5, 5.41) is 4.30. The smallest absolute Gasteiger partial charge is 0.246 e. The van der Waals surface area contributed by atoms with Crippen molar-refractivity contribution in [2.75, 3.05) is 6.54 Å². The number of aromatic nitrogens is 2. The second-order valence-corrected chi connectivity index (χ2v) is 8.16. The Morgan fingerprint density at radius 2 is 2.19 bits per heavy atom. The van der Waals surface area contributed by atoms with Gasteiger partial charge in [-0.2, -0.15) is 5.10 Å². The topological polar surface area (TPSA) is 38.1 Å². The number of hydrogen-bond donors (Lipinski definition) is 0. The SMILES string of the molecule is C=CC(=O)N1Cc2sc(Cl)cc2[C@@H](c2ccccc2-c2cnn(C)c2)C1. The number of halogens is 1. The summed E-state index contributed by atoms with van der Waals surface area (Å²) in [6.07, 6.45) is 5.26. The van der Waals surface area contributed by atoms with Gasteiger partial charge in [-0.25, -0.2) is 0 Å². The van der Waals surface area contributed by atoms with Crippen molar-refractivity contribution in [3.63, 3.8) is 0 Å². The van der Waals surface area contributed by atoms with Gasteiger partial charge in [0.1, 0.15) is 0 Å². The number of carbonyl (C=O) groups is 1. The van der Waals surface area contributed by atoms with Crippen LogP contribution in [-0.4, -0.2) is 27.1 Å². The van der Waals surface area contributed by atoms with Crippen LogP contribution >= 0.6 is 22.9 Å². The van der Waals surface area contributed by atoms with E-state index in [1.165, 1.54) is 17.2 Å². The van der Waals surface area contributed by atoms with E-state index in [1.54, 1.807) is 16.0 Å². The van der Waals surface area contributed by atoms with Crippen molar-refractivity contribution >= 4 is 28.8 Å². The van der Waals surface area contributed by atoms with Gasteiger partial charge in [0.05, 0.1) is 17.1 Å². The molecule has 3 heterocycles. The van der Waals surface area contributed by atoms with Crippen LogP contribution in [-0.2, 0) is 18.4 Å². The molecule has 0 radical (unpaired) electrons. The molecule has 0 fully saturated rings. The molecule has 1 aliphatic heterocycles. The number of benzene rings is 1. The van der Waals surface area contributed by atoms with E-state index in [9.17, 15) is 4.79 Å². The fourth-order valence-corrected chi connectivity index (χ4v) is 4.93. The third kappa shape index (κ3) is 2.97. The quantitative estimate of drug-likeness (QED) is 0.626. The average molecular weight is 384 g/mol. The van der Waals surface area contributed by atoms with Gasteiger partial charge < -0.3 is 4.90 Å². The molecular weight excluding hydrogens is 366 g/mol. The molecule has 0 spiro atoms. The average Bonchev–Trinajstić information content (AvgIpc) is 3.24. The van der Waals surface area contributed by atoms with Crippen LogP contribution in [0.4, 0.5) is 0 Å². The Kier molecular flexibility index (Phi) is 4.42. The van der Waals surface area contributed by atoms with Crippen molar-refractivity contribution < 1.29 is 4.79 Å². The first-order valence-electron chi connectivity index (χ1n) is 8.34. The number of fused-ring (bicyclic) bond motifs is 1. The maximum Gasteiger partial charge on any atom is 0.246 e. The first-order valence-corrected chi connectivity index (χ1v) is 9.53. The van der Waals surface area contributed by atoms with E-state index in [0.29, 0.717) is 13.1 Å². The summed E-state index contributed by atoms with van der Waals surface area (Å²) in [5.74, 6) is 0.0202. The van der Waals surface area contributed by atoms with Gasteiger partial charge in [0.15, 0.2) is 0 Å². The zero-order chi connectivity index (χ0) is 18.3. The van der Waals surface area contributed by atoms with Crippen LogP contribution in [0.25, 0.3) is 11.1 Å². The lowest BCUT2D eigenvalue weighted by Crippen LogP contribution is -2.37. The molecule has 2 aromatic heterocycles. The van der Waals surface area contributed by atoms with Crippen LogP contribution < -0.4 is 0 Å². The van der Waals surface area contributed by atoms with Gasteiger partial charge in [-0.1, -0.05) is 42.4 Å². The second-order valence-electron chi connectivity index (χ2n) is 6.39. The Morgan fingerprint density at radius 3 is 2.92 bits per heavy atom. The van der Waals surface area contributed by atoms with Crippen LogP contribution in [0, 0.1) is 0 Å². The van der Waals surface area contributed by atoms with Gasteiger partial charge in [0.2, 0.25) is 5.91 Å². The highest BCUT2D eigenvalue weighted by molar-refractivity contribution is 7.16. The number of nitrogens with zero attached hydrogens (tertiary/aromatic N) is 3. The Hall–Kier alpha value is -2.37. The lowest BCUT2D eigenvalue weighted by Gasteiger charge is -2.33. The summed E-state index contributed by atoms with van der Waals surface area (Å²) >= 11 is 7.85. The fourth-order valence-electron chi connectivity index (χ4n) is 3.57. The fraction of sp³-hybridized carbons (Fsp3) is 0.200. The number of amides is 1. The highest BCUT2D eigenvalue weighted by Gasteiger charge is 2.31. The van der Waals surface area contributed by atoms with Crippen LogP contribution in [0.3, 0.4) is 0 Å². The van der Waals surface area contributed by atoms with Crippen molar-refractivity contribution in [1.82, 2.24) is 14.7 Å². The van der Waals surface area contributed by atoms with Crippen molar-refractivity contribution in [3.8, 4) is 11.1 Å². The van der Waals surface area contributed by atoms with Gasteiger partial charge in [-0.15, -0.1) is 11.3 Å². The minimum Gasteiger partial charge on any atom is -0.333 e.